The molecule has 13 nitrogen and oxygen atoms in total. The molecule has 2 aromatic carbocycles. The van der Waals surface area contributed by atoms with E-state index in [-0.39, 0.29) is 41.4 Å². The first-order chi connectivity index (χ1) is 15.9. The quantitative estimate of drug-likeness (QED) is 0.142. The van der Waals surface area contributed by atoms with E-state index in [1.165, 1.54) is 12.1 Å². The number of nitrogens with zero attached hydrogens (tertiary/aromatic N) is 2. The van der Waals surface area contributed by atoms with Crippen LogP contribution in [-0.4, -0.2) is 36.1 Å². The summed E-state index contributed by atoms with van der Waals surface area (Å²) in [5, 5.41) is 16.7. The zero-order valence-electron chi connectivity index (χ0n) is 18.5. The number of non-ortho nitro benzene ring substituents is 1. The SMILES string of the molecule is CCOP(=O)(OCC)C(CC)n1c(=O)c(=O)[nH]c2cc([N+](=O)[O-])c3c(S(N)(=O)=O)cccc3c21. The number of rotatable bonds is 9. The van der Waals surface area contributed by atoms with Crippen molar-refractivity contribution in [2.75, 3.05) is 13.2 Å². The molecule has 3 N–H and O–H groups in total. The molecule has 1 unspecified atom stereocenters. The van der Waals surface area contributed by atoms with E-state index in [1.54, 1.807) is 20.8 Å². The van der Waals surface area contributed by atoms with Gasteiger partial charge in [0.05, 0.1) is 39.5 Å². The number of nitro benzene ring substituents is 1. The third kappa shape index (κ3) is 4.30. The molecule has 0 aliphatic heterocycles. The van der Waals surface area contributed by atoms with Gasteiger partial charge in [-0.3, -0.25) is 28.8 Å². The van der Waals surface area contributed by atoms with Crippen LogP contribution in [0.25, 0.3) is 21.8 Å². The third-order valence-electron chi connectivity index (χ3n) is 5.13. The fourth-order valence-electron chi connectivity index (χ4n) is 3.94. The Morgan fingerprint density at radius 1 is 1.21 bits per heavy atom. The second kappa shape index (κ2) is 9.39. The van der Waals surface area contributed by atoms with Crippen LogP contribution in [0, 0.1) is 10.1 Å². The van der Waals surface area contributed by atoms with Crippen molar-refractivity contribution in [2.24, 2.45) is 5.14 Å². The summed E-state index contributed by atoms with van der Waals surface area (Å²) in [5.74, 6) is -1.28. The van der Waals surface area contributed by atoms with E-state index in [1.807, 2.05) is 0 Å². The van der Waals surface area contributed by atoms with Gasteiger partial charge in [0.25, 0.3) is 5.69 Å². The molecule has 3 rings (SSSR count). The summed E-state index contributed by atoms with van der Waals surface area (Å²) in [5.41, 5.74) is -3.12. The maximum atomic E-state index is 13.6. The number of hydrogen-bond acceptors (Lipinski definition) is 9. The minimum Gasteiger partial charge on any atom is -0.316 e. The summed E-state index contributed by atoms with van der Waals surface area (Å²) >= 11 is 0. The Balaban J connectivity index is 2.67. The molecule has 0 bridgehead atoms. The predicted octanol–water partition coefficient (Wildman–Crippen LogP) is 2.57. The van der Waals surface area contributed by atoms with Gasteiger partial charge in [-0.05, 0) is 26.3 Å². The molecule has 1 heterocycles. The molecule has 15 heteroatoms. The van der Waals surface area contributed by atoms with Gasteiger partial charge in [0.1, 0.15) is 5.78 Å². The van der Waals surface area contributed by atoms with Gasteiger partial charge in [0.15, 0.2) is 0 Å². The lowest BCUT2D eigenvalue weighted by Gasteiger charge is -2.28. The maximum Gasteiger partial charge on any atom is 0.353 e. The molecular weight excluding hydrogens is 491 g/mol. The van der Waals surface area contributed by atoms with E-state index in [9.17, 15) is 32.7 Å². The Morgan fingerprint density at radius 2 is 1.82 bits per heavy atom. The largest absolute Gasteiger partial charge is 0.353 e. The third-order valence-corrected chi connectivity index (χ3v) is 8.64. The second-order valence-electron chi connectivity index (χ2n) is 7.17. The number of nitrogens with two attached hydrogens (primary N) is 1. The Morgan fingerprint density at radius 3 is 2.32 bits per heavy atom. The molecule has 0 amide bonds. The molecule has 1 aromatic heterocycles. The number of nitro groups is 1. The lowest BCUT2D eigenvalue weighted by atomic mass is 10.1. The van der Waals surface area contributed by atoms with Gasteiger partial charge < -0.3 is 14.0 Å². The Hall–Kier alpha value is -2.90. The van der Waals surface area contributed by atoms with Crippen molar-refractivity contribution < 1.29 is 27.0 Å². The molecule has 0 fully saturated rings. The Kier molecular flexibility index (Phi) is 7.10. The number of aromatic amines is 1. The topological polar surface area (TPSA) is 194 Å². The first-order valence-electron chi connectivity index (χ1n) is 10.2. The standard InChI is InChI=1S/C19H23N4O9PS/c1-4-15(33(28,31-5-2)32-6-3)22-17-11-8-7-9-14(34(20,29)30)16(11)13(23(26)27)10-12(17)21-18(24)19(22)25/h7-10,15H,4-6H2,1-3H3,(H,21,24)(H2,20,29,30). The lowest BCUT2D eigenvalue weighted by Crippen LogP contribution is -2.38. The molecule has 3 aromatic rings. The highest BCUT2D eigenvalue weighted by Crippen LogP contribution is 2.60. The Bertz CT molecular complexity index is 1550. The van der Waals surface area contributed by atoms with Gasteiger partial charge in [-0.25, -0.2) is 13.6 Å². The fraction of sp³-hybridized carbons (Fsp3) is 0.368. The van der Waals surface area contributed by atoms with Gasteiger partial charge in [-0.1, -0.05) is 19.1 Å². The van der Waals surface area contributed by atoms with E-state index in [0.29, 0.717) is 0 Å². The van der Waals surface area contributed by atoms with Crippen molar-refractivity contribution >= 4 is 45.1 Å². The van der Waals surface area contributed by atoms with Crippen LogP contribution < -0.4 is 16.3 Å². The van der Waals surface area contributed by atoms with Crippen LogP contribution >= 0.6 is 7.60 Å². The molecule has 0 radical (unpaired) electrons. The van der Waals surface area contributed by atoms with E-state index in [2.05, 4.69) is 4.98 Å². The zero-order valence-corrected chi connectivity index (χ0v) is 20.2. The molecule has 1 atom stereocenters. The van der Waals surface area contributed by atoms with Crippen LogP contribution in [0.4, 0.5) is 5.69 Å². The second-order valence-corrected chi connectivity index (χ2v) is 10.9. The summed E-state index contributed by atoms with van der Waals surface area (Å²) < 4.78 is 49.8. The van der Waals surface area contributed by atoms with Crippen LogP contribution in [0.15, 0.2) is 38.8 Å². The van der Waals surface area contributed by atoms with Crippen LogP contribution in [0.1, 0.15) is 33.0 Å². The molecule has 184 valence electrons. The van der Waals surface area contributed by atoms with Crippen molar-refractivity contribution in [1.82, 2.24) is 9.55 Å². The number of primary sulfonamides is 1. The molecule has 0 aliphatic rings. The van der Waals surface area contributed by atoms with Gasteiger partial charge in [0.2, 0.25) is 10.0 Å². The van der Waals surface area contributed by atoms with Gasteiger partial charge in [-0.2, -0.15) is 0 Å². The molecule has 0 aliphatic carbocycles. The van der Waals surface area contributed by atoms with Crippen LogP contribution in [0.2, 0.25) is 0 Å². The fourth-order valence-corrected chi connectivity index (χ4v) is 6.80. The molecular formula is C19H23N4O9PS. The Labute approximate surface area is 193 Å². The smallest absolute Gasteiger partial charge is 0.316 e. The van der Waals surface area contributed by atoms with Crippen LogP contribution in [-0.2, 0) is 23.6 Å². The van der Waals surface area contributed by atoms with Gasteiger partial charge in [0, 0.05) is 11.5 Å². The average molecular weight is 514 g/mol. The van der Waals surface area contributed by atoms with E-state index in [4.69, 9.17) is 14.2 Å². The summed E-state index contributed by atoms with van der Waals surface area (Å²) in [6.45, 7) is 4.71. The predicted molar refractivity (Wildman–Crippen MR) is 125 cm³/mol. The summed E-state index contributed by atoms with van der Waals surface area (Å²) in [4.78, 5) is 38.3. The highest BCUT2D eigenvalue weighted by atomic mass is 32.2. The highest BCUT2D eigenvalue weighted by molar-refractivity contribution is 7.89. The number of benzene rings is 2. The van der Waals surface area contributed by atoms with Gasteiger partial charge >= 0.3 is 18.7 Å². The van der Waals surface area contributed by atoms with Crippen molar-refractivity contribution in [3.05, 3.63) is 55.1 Å². The number of nitrogens with one attached hydrogen (secondary N) is 1. The van der Waals surface area contributed by atoms with E-state index in [0.717, 1.165) is 16.7 Å². The first-order valence-corrected chi connectivity index (χ1v) is 13.4. The maximum absolute atomic E-state index is 13.6. The van der Waals surface area contributed by atoms with E-state index >= 15 is 0 Å². The first kappa shape index (κ1) is 25.7. The van der Waals surface area contributed by atoms with Crippen LogP contribution in [0.5, 0.6) is 0 Å². The van der Waals surface area contributed by atoms with Crippen molar-refractivity contribution in [1.29, 1.82) is 0 Å². The molecule has 0 spiro atoms. The average Bonchev–Trinajstić information content (AvgIpc) is 2.75. The minimum atomic E-state index is -4.42. The summed E-state index contributed by atoms with van der Waals surface area (Å²) in [7, 11) is -8.45. The summed E-state index contributed by atoms with van der Waals surface area (Å²) in [6.07, 6.45) is 0.0170. The number of sulfonamides is 1. The van der Waals surface area contributed by atoms with Crippen molar-refractivity contribution in [3.8, 4) is 0 Å². The van der Waals surface area contributed by atoms with Crippen molar-refractivity contribution in [3.63, 3.8) is 0 Å². The number of fused-ring (bicyclic) bond motifs is 3. The molecule has 34 heavy (non-hydrogen) atoms. The lowest BCUT2D eigenvalue weighted by molar-refractivity contribution is -0.383. The molecule has 0 saturated heterocycles. The number of aromatic nitrogens is 2. The minimum absolute atomic E-state index is 0.0170. The van der Waals surface area contributed by atoms with Crippen LogP contribution in [0.3, 0.4) is 0 Å². The normalized spacial score (nSPS) is 13.4. The zero-order chi connectivity index (χ0) is 25.4. The highest BCUT2D eigenvalue weighted by Gasteiger charge is 2.38. The number of hydrogen-bond donors (Lipinski definition) is 2. The number of H-pyrrole nitrogens is 1. The van der Waals surface area contributed by atoms with Crippen molar-refractivity contribution in [2.45, 2.75) is 37.9 Å². The van der Waals surface area contributed by atoms with E-state index < -0.39 is 50.0 Å². The summed E-state index contributed by atoms with van der Waals surface area (Å²) in [6, 6.07) is 4.65. The molecule has 0 saturated carbocycles. The monoisotopic (exact) mass is 514 g/mol. The van der Waals surface area contributed by atoms with Gasteiger partial charge in [-0.15, -0.1) is 0 Å².